The Kier molecular flexibility index (Phi) is 5.42. The van der Waals surface area contributed by atoms with Crippen molar-refractivity contribution in [3.05, 3.63) is 70.8 Å². The lowest BCUT2D eigenvalue weighted by Crippen LogP contribution is -2.52. The first-order chi connectivity index (χ1) is 14.1. The first-order valence-corrected chi connectivity index (χ1v) is 9.82. The minimum absolute atomic E-state index is 0.00963. The SMILES string of the molecule is NC[C@@H](NCc1cccc2c1CN(C1CCC(=O)NC1=O)C2=O)c1ccccc1. The van der Waals surface area contributed by atoms with E-state index >= 15 is 0 Å². The zero-order valence-electron chi connectivity index (χ0n) is 16.1. The Hall–Kier alpha value is -3.03. The number of amides is 3. The molecule has 0 spiro atoms. The third-order valence-corrected chi connectivity index (χ3v) is 5.66. The van der Waals surface area contributed by atoms with Crippen LogP contribution in [0, 0.1) is 0 Å². The molecule has 0 aliphatic carbocycles. The van der Waals surface area contributed by atoms with Gasteiger partial charge < -0.3 is 16.0 Å². The highest BCUT2D eigenvalue weighted by Crippen LogP contribution is 2.30. The fraction of sp³-hybridized carbons (Fsp3) is 0.318. The van der Waals surface area contributed by atoms with Crippen molar-refractivity contribution >= 4 is 17.7 Å². The van der Waals surface area contributed by atoms with Gasteiger partial charge >= 0.3 is 0 Å². The van der Waals surface area contributed by atoms with Crippen LogP contribution >= 0.6 is 0 Å². The molecule has 0 bridgehead atoms. The van der Waals surface area contributed by atoms with Crippen molar-refractivity contribution in [2.24, 2.45) is 5.73 Å². The van der Waals surface area contributed by atoms with Gasteiger partial charge in [0.2, 0.25) is 11.8 Å². The lowest BCUT2D eigenvalue weighted by Gasteiger charge is -2.29. The van der Waals surface area contributed by atoms with Crippen molar-refractivity contribution in [1.29, 1.82) is 0 Å². The smallest absolute Gasteiger partial charge is 0.255 e. The number of rotatable bonds is 6. The molecule has 1 fully saturated rings. The highest BCUT2D eigenvalue weighted by molar-refractivity contribution is 6.05. The molecule has 7 nitrogen and oxygen atoms in total. The van der Waals surface area contributed by atoms with E-state index in [2.05, 4.69) is 10.6 Å². The molecule has 2 aliphatic heterocycles. The second kappa shape index (κ2) is 8.14. The normalized spacial score (nSPS) is 19.8. The Labute approximate surface area is 169 Å². The molecule has 0 radical (unpaired) electrons. The molecule has 4 N–H and O–H groups in total. The highest BCUT2D eigenvalue weighted by atomic mass is 16.2. The summed E-state index contributed by atoms with van der Waals surface area (Å²) in [5, 5.41) is 5.81. The third kappa shape index (κ3) is 3.79. The van der Waals surface area contributed by atoms with Gasteiger partial charge in [-0.15, -0.1) is 0 Å². The largest absolute Gasteiger partial charge is 0.329 e. The maximum absolute atomic E-state index is 12.9. The fourth-order valence-electron chi connectivity index (χ4n) is 4.07. The van der Waals surface area contributed by atoms with Gasteiger partial charge in [-0.05, 0) is 29.2 Å². The van der Waals surface area contributed by atoms with Crippen LogP contribution in [0.2, 0.25) is 0 Å². The number of nitrogens with one attached hydrogen (secondary N) is 2. The minimum Gasteiger partial charge on any atom is -0.329 e. The molecule has 29 heavy (non-hydrogen) atoms. The second-order valence-electron chi connectivity index (χ2n) is 7.42. The van der Waals surface area contributed by atoms with Crippen LogP contribution in [0.3, 0.4) is 0 Å². The number of fused-ring (bicyclic) bond motifs is 1. The molecule has 2 aliphatic rings. The predicted octanol–water partition coefficient (Wildman–Crippen LogP) is 1.24. The molecule has 1 saturated heterocycles. The van der Waals surface area contributed by atoms with Crippen LogP contribution in [-0.2, 0) is 22.7 Å². The Morgan fingerprint density at radius 1 is 1.10 bits per heavy atom. The first kappa shape index (κ1) is 19.3. The maximum atomic E-state index is 12.9. The Bertz CT molecular complexity index is 944. The van der Waals surface area contributed by atoms with E-state index in [0.717, 1.165) is 16.7 Å². The van der Waals surface area contributed by atoms with Crippen LogP contribution in [0.25, 0.3) is 0 Å². The average Bonchev–Trinajstić information content (AvgIpc) is 3.06. The molecule has 150 valence electrons. The predicted molar refractivity (Wildman–Crippen MR) is 108 cm³/mol. The molecular formula is C22H24N4O3. The standard InChI is InChI=1S/C22H24N4O3/c23-11-18(14-5-2-1-3-6-14)24-12-15-7-4-8-16-17(15)13-26(22(16)29)19-9-10-20(27)25-21(19)28/h1-8,18-19,24H,9-13,23H2,(H,25,27,28)/t18-,19?/m1/s1. The van der Waals surface area contributed by atoms with Crippen molar-refractivity contribution in [3.8, 4) is 0 Å². The molecule has 4 rings (SSSR count). The van der Waals surface area contributed by atoms with Crippen molar-refractivity contribution in [2.75, 3.05) is 6.54 Å². The van der Waals surface area contributed by atoms with Crippen molar-refractivity contribution in [1.82, 2.24) is 15.5 Å². The van der Waals surface area contributed by atoms with Gasteiger partial charge in [0, 0.05) is 37.7 Å². The van der Waals surface area contributed by atoms with Gasteiger partial charge in [-0.1, -0.05) is 42.5 Å². The van der Waals surface area contributed by atoms with E-state index < -0.39 is 11.9 Å². The molecule has 1 unspecified atom stereocenters. The topological polar surface area (TPSA) is 105 Å². The summed E-state index contributed by atoms with van der Waals surface area (Å²) in [6.07, 6.45) is 0.613. The average molecular weight is 392 g/mol. The molecule has 2 heterocycles. The number of benzene rings is 2. The Morgan fingerprint density at radius 2 is 1.90 bits per heavy atom. The minimum atomic E-state index is -0.602. The van der Waals surface area contributed by atoms with Crippen molar-refractivity contribution in [3.63, 3.8) is 0 Å². The van der Waals surface area contributed by atoms with E-state index in [1.807, 2.05) is 42.5 Å². The summed E-state index contributed by atoms with van der Waals surface area (Å²) in [6.45, 7) is 1.40. The summed E-state index contributed by atoms with van der Waals surface area (Å²) >= 11 is 0. The molecule has 0 aromatic heterocycles. The number of nitrogens with zero attached hydrogens (tertiary/aromatic N) is 1. The van der Waals surface area contributed by atoms with Gasteiger partial charge in [-0.2, -0.15) is 0 Å². The van der Waals surface area contributed by atoms with Crippen LogP contribution < -0.4 is 16.4 Å². The summed E-state index contributed by atoms with van der Waals surface area (Å²) in [4.78, 5) is 38.1. The van der Waals surface area contributed by atoms with Gasteiger partial charge in [0.1, 0.15) is 6.04 Å². The molecule has 3 amide bonds. The van der Waals surface area contributed by atoms with Gasteiger partial charge in [0.25, 0.3) is 5.91 Å². The summed E-state index contributed by atoms with van der Waals surface area (Å²) < 4.78 is 0. The van der Waals surface area contributed by atoms with E-state index in [0.29, 0.717) is 31.6 Å². The van der Waals surface area contributed by atoms with Crippen LogP contribution in [0.5, 0.6) is 0 Å². The fourth-order valence-corrected chi connectivity index (χ4v) is 4.07. The summed E-state index contributed by atoms with van der Waals surface area (Å²) in [7, 11) is 0. The number of hydrogen-bond acceptors (Lipinski definition) is 5. The summed E-state index contributed by atoms with van der Waals surface area (Å²) in [5.41, 5.74) is 9.63. The van der Waals surface area contributed by atoms with Gasteiger partial charge in [-0.25, -0.2) is 0 Å². The lowest BCUT2D eigenvalue weighted by molar-refractivity contribution is -0.136. The number of nitrogens with two attached hydrogens (primary N) is 1. The number of carbonyl (C=O) groups excluding carboxylic acids is 3. The van der Waals surface area contributed by atoms with Crippen LogP contribution in [0.15, 0.2) is 48.5 Å². The molecular weight excluding hydrogens is 368 g/mol. The first-order valence-electron chi connectivity index (χ1n) is 9.82. The van der Waals surface area contributed by atoms with E-state index in [1.165, 1.54) is 0 Å². The molecule has 0 saturated carbocycles. The number of piperidine rings is 1. The van der Waals surface area contributed by atoms with E-state index in [4.69, 9.17) is 5.73 Å². The maximum Gasteiger partial charge on any atom is 0.255 e. The monoisotopic (exact) mass is 392 g/mol. The van der Waals surface area contributed by atoms with Gasteiger partial charge in [0.15, 0.2) is 0 Å². The Morgan fingerprint density at radius 3 is 2.62 bits per heavy atom. The second-order valence-corrected chi connectivity index (χ2v) is 7.42. The number of carbonyl (C=O) groups is 3. The van der Waals surface area contributed by atoms with Crippen LogP contribution in [0.4, 0.5) is 0 Å². The summed E-state index contributed by atoms with van der Waals surface area (Å²) in [5.74, 6) is -0.835. The van der Waals surface area contributed by atoms with Gasteiger partial charge in [0.05, 0.1) is 0 Å². The number of imide groups is 1. The van der Waals surface area contributed by atoms with E-state index in [9.17, 15) is 14.4 Å². The summed E-state index contributed by atoms with van der Waals surface area (Å²) in [6, 6.07) is 15.1. The zero-order chi connectivity index (χ0) is 20.4. The molecule has 7 heteroatoms. The van der Waals surface area contributed by atoms with Gasteiger partial charge in [-0.3, -0.25) is 19.7 Å². The van der Waals surface area contributed by atoms with E-state index in [-0.39, 0.29) is 24.3 Å². The lowest BCUT2D eigenvalue weighted by atomic mass is 10.0. The van der Waals surface area contributed by atoms with Crippen LogP contribution in [-0.4, -0.2) is 35.2 Å². The molecule has 2 aromatic rings. The molecule has 2 aromatic carbocycles. The third-order valence-electron chi connectivity index (χ3n) is 5.66. The van der Waals surface area contributed by atoms with Crippen molar-refractivity contribution in [2.45, 2.75) is 38.0 Å². The molecule has 2 atom stereocenters. The Balaban J connectivity index is 1.51. The van der Waals surface area contributed by atoms with Crippen molar-refractivity contribution < 1.29 is 14.4 Å². The van der Waals surface area contributed by atoms with Crippen LogP contribution in [0.1, 0.15) is 45.9 Å². The van der Waals surface area contributed by atoms with E-state index in [1.54, 1.807) is 11.0 Å². The number of hydrogen-bond donors (Lipinski definition) is 3. The highest BCUT2D eigenvalue weighted by Gasteiger charge is 2.39. The zero-order valence-corrected chi connectivity index (χ0v) is 16.1. The quantitative estimate of drug-likeness (QED) is 0.642.